The van der Waals surface area contributed by atoms with E-state index in [-0.39, 0.29) is 0 Å². The molecule has 1 N–H and O–H groups in total. The Morgan fingerprint density at radius 1 is 1.28 bits per heavy atom. The van der Waals surface area contributed by atoms with Crippen molar-refractivity contribution >= 4 is 21.6 Å². The second-order valence-electron chi connectivity index (χ2n) is 4.57. The summed E-state index contributed by atoms with van der Waals surface area (Å²) in [7, 11) is 0. The van der Waals surface area contributed by atoms with Gasteiger partial charge in [-0.1, -0.05) is 28.9 Å². The van der Waals surface area contributed by atoms with Crippen LogP contribution < -0.4 is 5.32 Å². The van der Waals surface area contributed by atoms with Crippen molar-refractivity contribution in [2.45, 2.75) is 33.4 Å². The van der Waals surface area contributed by atoms with Gasteiger partial charge in [-0.3, -0.25) is 0 Å². The molecule has 0 saturated carbocycles. The normalized spacial score (nSPS) is 10.6. The van der Waals surface area contributed by atoms with Crippen molar-refractivity contribution < 1.29 is 0 Å². The molecule has 18 heavy (non-hydrogen) atoms. The van der Waals surface area contributed by atoms with Crippen LogP contribution in [0.15, 0.2) is 41.1 Å². The van der Waals surface area contributed by atoms with Gasteiger partial charge in [0, 0.05) is 35.6 Å². The van der Waals surface area contributed by atoms with Crippen LogP contribution >= 0.6 is 15.9 Å². The van der Waals surface area contributed by atoms with Gasteiger partial charge in [0.25, 0.3) is 0 Å². The van der Waals surface area contributed by atoms with Crippen molar-refractivity contribution in [1.82, 2.24) is 4.57 Å². The van der Waals surface area contributed by atoms with Crippen molar-refractivity contribution in [1.29, 1.82) is 0 Å². The maximum Gasteiger partial charge on any atom is 0.0415 e. The van der Waals surface area contributed by atoms with Crippen molar-refractivity contribution in [3.05, 3.63) is 52.3 Å². The first-order chi connectivity index (χ1) is 8.69. The first-order valence-electron chi connectivity index (χ1n) is 6.33. The minimum absolute atomic E-state index is 0.869. The number of hydrogen-bond acceptors (Lipinski definition) is 1. The molecule has 0 aliphatic carbocycles. The average Bonchev–Trinajstić information content (AvgIpc) is 2.79. The Labute approximate surface area is 117 Å². The van der Waals surface area contributed by atoms with E-state index >= 15 is 0 Å². The molecule has 0 bridgehead atoms. The molecule has 1 aromatic heterocycles. The quantitative estimate of drug-likeness (QED) is 0.855. The van der Waals surface area contributed by atoms with E-state index in [9.17, 15) is 0 Å². The molecule has 0 saturated heterocycles. The van der Waals surface area contributed by atoms with Crippen LogP contribution in [0.5, 0.6) is 0 Å². The summed E-state index contributed by atoms with van der Waals surface area (Å²) in [6.07, 6.45) is 5.53. The van der Waals surface area contributed by atoms with Gasteiger partial charge in [0.15, 0.2) is 0 Å². The van der Waals surface area contributed by atoms with E-state index in [0.717, 1.165) is 17.6 Å². The number of nitrogens with one attached hydrogen (secondary N) is 1. The number of benzene rings is 1. The molecule has 1 heterocycles. The number of rotatable bonds is 5. The predicted octanol–water partition coefficient (Wildman–Crippen LogP) is 4.58. The van der Waals surface area contributed by atoms with Crippen LogP contribution in [-0.4, -0.2) is 4.57 Å². The fraction of sp³-hybridized carbons (Fsp3) is 0.333. The molecule has 0 amide bonds. The summed E-state index contributed by atoms with van der Waals surface area (Å²) in [5.74, 6) is 0. The maximum atomic E-state index is 3.50. The Morgan fingerprint density at radius 2 is 2.11 bits per heavy atom. The zero-order valence-electron chi connectivity index (χ0n) is 10.9. The molecule has 3 heteroatoms. The molecule has 0 atom stereocenters. The minimum Gasteiger partial charge on any atom is -0.381 e. The van der Waals surface area contributed by atoms with Crippen molar-refractivity contribution in [3.63, 3.8) is 0 Å². The molecule has 96 valence electrons. The smallest absolute Gasteiger partial charge is 0.0415 e. The van der Waals surface area contributed by atoms with Crippen LogP contribution in [0.2, 0.25) is 0 Å². The summed E-state index contributed by atoms with van der Waals surface area (Å²) in [6, 6.07) is 8.49. The fourth-order valence-corrected chi connectivity index (χ4v) is 2.34. The number of aromatic nitrogens is 1. The highest BCUT2D eigenvalue weighted by molar-refractivity contribution is 9.10. The maximum absolute atomic E-state index is 3.50. The van der Waals surface area contributed by atoms with Gasteiger partial charge in [-0.2, -0.15) is 0 Å². The molecule has 0 spiro atoms. The van der Waals surface area contributed by atoms with E-state index in [0.29, 0.717) is 0 Å². The van der Waals surface area contributed by atoms with Crippen LogP contribution in [0.4, 0.5) is 5.69 Å². The molecular formula is C15H19BrN2. The van der Waals surface area contributed by atoms with Crippen LogP contribution in [0.25, 0.3) is 0 Å². The van der Waals surface area contributed by atoms with E-state index in [1.165, 1.54) is 23.2 Å². The molecule has 0 aliphatic rings. The van der Waals surface area contributed by atoms with Gasteiger partial charge in [-0.15, -0.1) is 0 Å². The van der Waals surface area contributed by atoms with Gasteiger partial charge in [-0.25, -0.2) is 0 Å². The topological polar surface area (TPSA) is 17.0 Å². The zero-order valence-corrected chi connectivity index (χ0v) is 12.5. The highest BCUT2D eigenvalue weighted by Gasteiger charge is 2.00. The van der Waals surface area contributed by atoms with Gasteiger partial charge in [0.2, 0.25) is 0 Å². The summed E-state index contributed by atoms with van der Waals surface area (Å²) in [4.78, 5) is 0. The fourth-order valence-electron chi connectivity index (χ4n) is 1.97. The monoisotopic (exact) mass is 306 g/mol. The van der Waals surface area contributed by atoms with Crippen molar-refractivity contribution in [3.8, 4) is 0 Å². The van der Waals surface area contributed by atoms with Crippen molar-refractivity contribution in [2.75, 3.05) is 5.32 Å². The highest BCUT2D eigenvalue weighted by Crippen LogP contribution is 2.21. The summed E-state index contributed by atoms with van der Waals surface area (Å²) < 4.78 is 3.35. The second-order valence-corrected chi connectivity index (χ2v) is 5.49. The van der Waals surface area contributed by atoms with Gasteiger partial charge < -0.3 is 9.88 Å². The minimum atomic E-state index is 0.869. The van der Waals surface area contributed by atoms with Crippen LogP contribution in [0, 0.1) is 6.92 Å². The van der Waals surface area contributed by atoms with Gasteiger partial charge in [-0.05, 0) is 42.7 Å². The molecule has 2 rings (SSSR count). The number of hydrogen-bond donors (Lipinski definition) is 1. The Balaban J connectivity index is 1.99. The van der Waals surface area contributed by atoms with E-state index in [4.69, 9.17) is 0 Å². The first-order valence-corrected chi connectivity index (χ1v) is 7.13. The molecule has 0 aliphatic heterocycles. The average molecular weight is 307 g/mol. The lowest BCUT2D eigenvalue weighted by atomic mass is 10.2. The molecule has 0 fully saturated rings. The van der Waals surface area contributed by atoms with E-state index in [1.54, 1.807) is 0 Å². The zero-order chi connectivity index (χ0) is 13.0. The third kappa shape index (κ3) is 3.39. The third-order valence-corrected chi connectivity index (χ3v) is 3.47. The lowest BCUT2D eigenvalue weighted by Gasteiger charge is -2.09. The Kier molecular flexibility index (Phi) is 4.48. The summed E-state index contributed by atoms with van der Waals surface area (Å²) in [6.45, 7) is 6.28. The standard InChI is InChI=1S/C15H19BrN2/c1-3-7-18-8-6-13(11-18)10-17-15-9-14(16)5-4-12(15)2/h4-6,8-9,11,17H,3,7,10H2,1-2H3. The van der Waals surface area contributed by atoms with Crippen LogP contribution in [0.1, 0.15) is 24.5 Å². The Bertz CT molecular complexity index is 517. The lowest BCUT2D eigenvalue weighted by Crippen LogP contribution is -2.00. The lowest BCUT2D eigenvalue weighted by molar-refractivity contribution is 0.681. The predicted molar refractivity (Wildman–Crippen MR) is 80.9 cm³/mol. The Hall–Kier alpha value is -1.22. The van der Waals surface area contributed by atoms with Crippen molar-refractivity contribution in [2.24, 2.45) is 0 Å². The molecule has 1 aromatic carbocycles. The van der Waals surface area contributed by atoms with E-state index in [2.05, 4.69) is 76.3 Å². The highest BCUT2D eigenvalue weighted by atomic mass is 79.9. The Morgan fingerprint density at radius 3 is 2.89 bits per heavy atom. The molecule has 2 nitrogen and oxygen atoms in total. The van der Waals surface area contributed by atoms with Crippen LogP contribution in [0.3, 0.4) is 0 Å². The largest absolute Gasteiger partial charge is 0.381 e. The SMILES string of the molecule is CCCn1ccc(CNc2cc(Br)ccc2C)c1. The summed E-state index contributed by atoms with van der Waals surface area (Å²) >= 11 is 3.50. The number of aryl methyl sites for hydroxylation is 2. The molecule has 0 unspecified atom stereocenters. The van der Waals surface area contributed by atoms with Gasteiger partial charge in [0.05, 0.1) is 0 Å². The number of halogens is 1. The summed E-state index contributed by atoms with van der Waals surface area (Å²) in [5.41, 5.74) is 3.78. The van der Waals surface area contributed by atoms with E-state index < -0.39 is 0 Å². The van der Waals surface area contributed by atoms with Gasteiger partial charge >= 0.3 is 0 Å². The first kappa shape index (κ1) is 13.2. The number of nitrogens with zero attached hydrogens (tertiary/aromatic N) is 1. The van der Waals surface area contributed by atoms with Gasteiger partial charge in [0.1, 0.15) is 0 Å². The third-order valence-electron chi connectivity index (χ3n) is 2.98. The molecule has 0 radical (unpaired) electrons. The van der Waals surface area contributed by atoms with E-state index in [1.807, 2.05) is 0 Å². The molecular weight excluding hydrogens is 288 g/mol. The molecule has 2 aromatic rings. The van der Waals surface area contributed by atoms with Crippen LogP contribution in [-0.2, 0) is 13.1 Å². The second kappa shape index (κ2) is 6.10. The summed E-state index contributed by atoms with van der Waals surface area (Å²) in [5, 5.41) is 3.48. The number of anilines is 1.